The molecule has 1 aromatic carbocycles. The standard InChI is InChI=1S/C19H21F2N5OS/c20-18(21)28-19-23-14-8-4-5-9-15(14)25(19)12-17(27)24-16-10-11-22-26(16)13-6-2-1-3-7-13/h4-5,8-11,13,18H,1-3,6-7,12H2,(H,24,27). The highest BCUT2D eigenvalue weighted by atomic mass is 32.2. The number of amides is 1. The molecule has 1 aliphatic rings. The molecule has 1 saturated carbocycles. The van der Waals surface area contributed by atoms with Crippen LogP contribution in [0, 0.1) is 0 Å². The Kier molecular flexibility index (Phi) is 5.61. The van der Waals surface area contributed by atoms with Gasteiger partial charge in [-0.2, -0.15) is 13.9 Å². The van der Waals surface area contributed by atoms with Gasteiger partial charge in [0.15, 0.2) is 5.16 Å². The Balaban J connectivity index is 1.54. The Labute approximate surface area is 165 Å². The van der Waals surface area contributed by atoms with E-state index in [1.54, 1.807) is 36.5 Å². The molecule has 0 radical (unpaired) electrons. The van der Waals surface area contributed by atoms with Crippen molar-refractivity contribution in [3.8, 4) is 0 Å². The first-order chi connectivity index (χ1) is 13.6. The summed E-state index contributed by atoms with van der Waals surface area (Å²) in [4.78, 5) is 16.9. The third kappa shape index (κ3) is 4.04. The molecule has 28 heavy (non-hydrogen) atoms. The van der Waals surface area contributed by atoms with E-state index in [1.807, 2.05) is 4.68 Å². The van der Waals surface area contributed by atoms with Crippen molar-refractivity contribution in [2.75, 3.05) is 5.32 Å². The van der Waals surface area contributed by atoms with Gasteiger partial charge in [-0.25, -0.2) is 9.67 Å². The smallest absolute Gasteiger partial charge is 0.291 e. The number of carbonyl (C=O) groups excluding carboxylic acids is 1. The minimum Gasteiger partial charge on any atom is -0.309 e. The molecule has 3 aromatic rings. The number of imidazole rings is 1. The highest BCUT2D eigenvalue weighted by Gasteiger charge is 2.21. The van der Waals surface area contributed by atoms with Crippen molar-refractivity contribution in [3.05, 3.63) is 36.5 Å². The summed E-state index contributed by atoms with van der Waals surface area (Å²) in [6.07, 6.45) is 7.32. The van der Waals surface area contributed by atoms with Gasteiger partial charge >= 0.3 is 0 Å². The number of anilines is 1. The average molecular weight is 405 g/mol. The molecule has 0 unspecified atom stereocenters. The van der Waals surface area contributed by atoms with Gasteiger partial charge in [-0.15, -0.1) is 0 Å². The minimum absolute atomic E-state index is 0.0919. The maximum absolute atomic E-state index is 12.9. The second-order valence-corrected chi connectivity index (χ2v) is 7.81. The van der Waals surface area contributed by atoms with Gasteiger partial charge in [0.1, 0.15) is 12.4 Å². The highest BCUT2D eigenvalue weighted by molar-refractivity contribution is 7.99. The Morgan fingerprint density at radius 3 is 2.79 bits per heavy atom. The van der Waals surface area contributed by atoms with Gasteiger partial charge < -0.3 is 9.88 Å². The number of para-hydroxylation sites is 2. The van der Waals surface area contributed by atoms with E-state index >= 15 is 0 Å². The number of nitrogens with zero attached hydrogens (tertiary/aromatic N) is 4. The van der Waals surface area contributed by atoms with E-state index in [1.165, 1.54) is 11.0 Å². The number of halogens is 2. The average Bonchev–Trinajstić information content (AvgIpc) is 3.27. The first-order valence-corrected chi connectivity index (χ1v) is 10.2. The molecule has 4 rings (SSSR count). The molecule has 6 nitrogen and oxygen atoms in total. The molecule has 0 saturated heterocycles. The summed E-state index contributed by atoms with van der Waals surface area (Å²) in [6.45, 7) is -0.0919. The number of fused-ring (bicyclic) bond motifs is 1. The predicted molar refractivity (Wildman–Crippen MR) is 105 cm³/mol. The van der Waals surface area contributed by atoms with E-state index in [4.69, 9.17) is 0 Å². The van der Waals surface area contributed by atoms with Crippen molar-refractivity contribution in [3.63, 3.8) is 0 Å². The van der Waals surface area contributed by atoms with Gasteiger partial charge in [0.25, 0.3) is 5.76 Å². The van der Waals surface area contributed by atoms with Gasteiger partial charge in [-0.05, 0) is 36.7 Å². The van der Waals surface area contributed by atoms with Crippen LogP contribution >= 0.6 is 11.8 Å². The first-order valence-electron chi connectivity index (χ1n) is 9.35. The molecule has 1 fully saturated rings. The molecule has 1 N–H and O–H groups in total. The largest absolute Gasteiger partial charge is 0.309 e. The van der Waals surface area contributed by atoms with Crippen molar-refractivity contribution in [1.29, 1.82) is 0 Å². The molecule has 1 amide bonds. The maximum atomic E-state index is 12.9. The van der Waals surface area contributed by atoms with Crippen molar-refractivity contribution in [2.24, 2.45) is 0 Å². The monoisotopic (exact) mass is 405 g/mol. The van der Waals surface area contributed by atoms with Crippen molar-refractivity contribution in [2.45, 2.75) is 55.6 Å². The van der Waals surface area contributed by atoms with Crippen LogP contribution in [-0.2, 0) is 11.3 Å². The molecule has 0 spiro atoms. The zero-order chi connectivity index (χ0) is 19.5. The number of carbonyl (C=O) groups is 1. The lowest BCUT2D eigenvalue weighted by Gasteiger charge is -2.24. The Hall–Kier alpha value is -2.42. The zero-order valence-electron chi connectivity index (χ0n) is 15.2. The van der Waals surface area contributed by atoms with Crippen LogP contribution in [-0.4, -0.2) is 31.0 Å². The molecule has 2 aromatic heterocycles. The van der Waals surface area contributed by atoms with E-state index in [-0.39, 0.29) is 23.7 Å². The van der Waals surface area contributed by atoms with Crippen LogP contribution in [0.5, 0.6) is 0 Å². The Morgan fingerprint density at radius 2 is 2.00 bits per heavy atom. The Morgan fingerprint density at radius 1 is 1.21 bits per heavy atom. The number of hydrogen-bond acceptors (Lipinski definition) is 4. The van der Waals surface area contributed by atoms with Gasteiger partial charge in [-0.1, -0.05) is 31.4 Å². The number of rotatable bonds is 6. The van der Waals surface area contributed by atoms with Gasteiger partial charge in [0.05, 0.1) is 23.3 Å². The minimum atomic E-state index is -2.61. The SMILES string of the molecule is O=C(Cn1c(SC(F)F)nc2ccccc21)Nc1ccnn1C1CCCCC1. The third-order valence-electron chi connectivity index (χ3n) is 4.97. The normalized spacial score (nSPS) is 15.4. The predicted octanol–water partition coefficient (Wildman–Crippen LogP) is 4.69. The molecule has 0 atom stereocenters. The van der Waals surface area contributed by atoms with E-state index < -0.39 is 5.76 Å². The van der Waals surface area contributed by atoms with E-state index in [9.17, 15) is 13.6 Å². The molecule has 2 heterocycles. The van der Waals surface area contributed by atoms with Crippen LogP contribution in [0.4, 0.5) is 14.6 Å². The number of hydrogen-bond donors (Lipinski definition) is 1. The van der Waals surface area contributed by atoms with Crippen LogP contribution < -0.4 is 5.32 Å². The van der Waals surface area contributed by atoms with Crippen molar-refractivity contribution >= 4 is 34.5 Å². The van der Waals surface area contributed by atoms with Gasteiger partial charge in [0.2, 0.25) is 5.91 Å². The lowest BCUT2D eigenvalue weighted by atomic mass is 9.96. The number of aromatic nitrogens is 4. The molecule has 9 heteroatoms. The summed E-state index contributed by atoms with van der Waals surface area (Å²) < 4.78 is 29.3. The van der Waals surface area contributed by atoms with E-state index in [2.05, 4.69) is 15.4 Å². The summed E-state index contributed by atoms with van der Waals surface area (Å²) in [7, 11) is 0. The quantitative estimate of drug-likeness (QED) is 0.604. The lowest BCUT2D eigenvalue weighted by molar-refractivity contribution is -0.116. The Bertz CT molecular complexity index is 964. The number of thioether (sulfide) groups is 1. The summed E-state index contributed by atoms with van der Waals surface area (Å²) in [5.74, 6) is -2.26. The maximum Gasteiger partial charge on any atom is 0.291 e. The van der Waals surface area contributed by atoms with Crippen molar-refractivity contribution < 1.29 is 13.6 Å². The van der Waals surface area contributed by atoms with Gasteiger partial charge in [-0.3, -0.25) is 4.79 Å². The fraction of sp³-hybridized carbons (Fsp3) is 0.421. The topological polar surface area (TPSA) is 64.7 Å². The fourth-order valence-corrected chi connectivity index (χ4v) is 4.33. The second-order valence-electron chi connectivity index (χ2n) is 6.85. The number of benzene rings is 1. The van der Waals surface area contributed by atoms with Crippen LogP contribution in [0.3, 0.4) is 0 Å². The van der Waals surface area contributed by atoms with Crippen LogP contribution in [0.1, 0.15) is 38.1 Å². The van der Waals surface area contributed by atoms with Crippen molar-refractivity contribution in [1.82, 2.24) is 19.3 Å². The lowest BCUT2D eigenvalue weighted by Crippen LogP contribution is -2.23. The molecular weight excluding hydrogens is 384 g/mol. The molecule has 0 aliphatic heterocycles. The summed E-state index contributed by atoms with van der Waals surface area (Å²) in [5.41, 5.74) is 1.24. The van der Waals surface area contributed by atoms with E-state index in [0.717, 1.165) is 25.7 Å². The first kappa shape index (κ1) is 18.9. The third-order valence-corrected chi connectivity index (χ3v) is 5.67. The molecule has 0 bridgehead atoms. The summed E-state index contributed by atoms with van der Waals surface area (Å²) in [6, 6.07) is 9.17. The van der Waals surface area contributed by atoms with Gasteiger partial charge in [0, 0.05) is 6.07 Å². The zero-order valence-corrected chi connectivity index (χ0v) is 16.0. The fourth-order valence-electron chi connectivity index (χ4n) is 3.73. The number of alkyl halides is 2. The molecule has 148 valence electrons. The number of nitrogens with one attached hydrogen (secondary N) is 1. The van der Waals surface area contributed by atoms with E-state index in [0.29, 0.717) is 28.6 Å². The van der Waals surface area contributed by atoms with Crippen LogP contribution in [0.2, 0.25) is 0 Å². The second kappa shape index (κ2) is 8.30. The summed E-state index contributed by atoms with van der Waals surface area (Å²) in [5, 5.41) is 7.40. The van der Waals surface area contributed by atoms with Crippen LogP contribution in [0.25, 0.3) is 11.0 Å². The highest BCUT2D eigenvalue weighted by Crippen LogP contribution is 2.31. The molecular formula is C19H21F2N5OS. The summed E-state index contributed by atoms with van der Waals surface area (Å²) >= 11 is 0.348. The molecule has 1 aliphatic carbocycles. The van der Waals surface area contributed by atoms with Crippen LogP contribution in [0.15, 0.2) is 41.7 Å².